The SMILES string of the molecule is CCC1OC=C[C@]1(C)CC.O=C=O. The lowest BCUT2D eigenvalue weighted by Crippen LogP contribution is -2.26. The van der Waals surface area contributed by atoms with E-state index < -0.39 is 0 Å². The first-order chi connectivity index (χ1) is 6.14. The van der Waals surface area contributed by atoms with Crippen LogP contribution in [0.3, 0.4) is 0 Å². The maximum absolute atomic E-state index is 8.12. The Morgan fingerprint density at radius 3 is 2.31 bits per heavy atom. The molecule has 0 aromatic heterocycles. The molecule has 0 spiro atoms. The molecule has 3 nitrogen and oxygen atoms in total. The van der Waals surface area contributed by atoms with Gasteiger partial charge in [-0.25, -0.2) is 0 Å². The lowest BCUT2D eigenvalue weighted by molar-refractivity contribution is -0.191. The van der Waals surface area contributed by atoms with E-state index in [0.717, 1.165) is 6.42 Å². The Hall–Kier alpha value is -1.08. The second kappa shape index (κ2) is 5.55. The van der Waals surface area contributed by atoms with Gasteiger partial charge in [-0.1, -0.05) is 20.8 Å². The molecule has 0 aromatic carbocycles. The summed E-state index contributed by atoms with van der Waals surface area (Å²) in [6, 6.07) is 0. The molecule has 1 unspecified atom stereocenters. The van der Waals surface area contributed by atoms with Gasteiger partial charge in [-0.3, -0.25) is 0 Å². The second-order valence-electron chi connectivity index (χ2n) is 3.28. The Morgan fingerprint density at radius 2 is 2.00 bits per heavy atom. The van der Waals surface area contributed by atoms with Crippen LogP contribution in [0.1, 0.15) is 33.6 Å². The molecule has 1 aliphatic rings. The smallest absolute Gasteiger partial charge is 0.373 e. The van der Waals surface area contributed by atoms with Gasteiger partial charge < -0.3 is 4.74 Å². The zero-order valence-electron chi connectivity index (χ0n) is 8.37. The Labute approximate surface area is 78.8 Å². The largest absolute Gasteiger partial charge is 0.497 e. The van der Waals surface area contributed by atoms with Crippen LogP contribution in [0.15, 0.2) is 12.3 Å². The van der Waals surface area contributed by atoms with Crippen molar-refractivity contribution >= 4 is 6.15 Å². The highest BCUT2D eigenvalue weighted by atomic mass is 16.5. The lowest BCUT2D eigenvalue weighted by atomic mass is 9.82. The van der Waals surface area contributed by atoms with E-state index in [-0.39, 0.29) is 6.15 Å². The average molecular weight is 184 g/mol. The molecule has 0 saturated heterocycles. The standard InChI is InChI=1S/C9H16O.CO2/c1-4-8-9(3,5-2)6-7-10-8;2-1-3/h6-8H,4-5H2,1-3H3;/t8?,9-;/m0./s1. The number of ether oxygens (including phenoxy) is 1. The molecule has 0 radical (unpaired) electrons. The Kier molecular flexibility index (Phi) is 5.09. The molecule has 1 rings (SSSR count). The van der Waals surface area contributed by atoms with Crippen molar-refractivity contribution in [3.63, 3.8) is 0 Å². The molecule has 0 bridgehead atoms. The van der Waals surface area contributed by atoms with Crippen LogP contribution in [-0.4, -0.2) is 12.3 Å². The molecular weight excluding hydrogens is 168 g/mol. The van der Waals surface area contributed by atoms with E-state index in [2.05, 4.69) is 26.8 Å². The molecule has 0 saturated carbocycles. The van der Waals surface area contributed by atoms with E-state index >= 15 is 0 Å². The quantitative estimate of drug-likeness (QED) is 0.660. The van der Waals surface area contributed by atoms with Crippen LogP contribution in [0, 0.1) is 5.41 Å². The van der Waals surface area contributed by atoms with E-state index in [1.807, 2.05) is 6.26 Å². The molecule has 74 valence electrons. The minimum Gasteiger partial charge on any atom is -0.497 e. The van der Waals surface area contributed by atoms with Gasteiger partial charge in [0.05, 0.1) is 6.26 Å². The molecule has 0 N–H and O–H groups in total. The van der Waals surface area contributed by atoms with Crippen LogP contribution in [0.5, 0.6) is 0 Å². The highest BCUT2D eigenvalue weighted by Gasteiger charge is 2.33. The van der Waals surface area contributed by atoms with Crippen molar-refractivity contribution in [2.75, 3.05) is 0 Å². The number of carbonyl (C=O) groups excluding carboxylic acids is 2. The Bertz CT molecular complexity index is 204. The van der Waals surface area contributed by atoms with E-state index in [1.165, 1.54) is 6.42 Å². The molecule has 1 heterocycles. The summed E-state index contributed by atoms with van der Waals surface area (Å²) in [5, 5.41) is 0. The first kappa shape index (κ1) is 11.9. The van der Waals surface area contributed by atoms with Crippen LogP contribution in [0.2, 0.25) is 0 Å². The van der Waals surface area contributed by atoms with Gasteiger partial charge in [0, 0.05) is 5.41 Å². The minimum atomic E-state index is 0.250. The Morgan fingerprint density at radius 1 is 1.46 bits per heavy atom. The van der Waals surface area contributed by atoms with E-state index in [4.69, 9.17) is 14.3 Å². The van der Waals surface area contributed by atoms with Crippen LogP contribution >= 0.6 is 0 Å². The summed E-state index contributed by atoms with van der Waals surface area (Å²) in [6.07, 6.45) is 6.97. The third kappa shape index (κ3) is 3.03. The third-order valence-electron chi connectivity index (χ3n) is 2.56. The summed E-state index contributed by atoms with van der Waals surface area (Å²) in [5.41, 5.74) is 0.300. The van der Waals surface area contributed by atoms with E-state index in [1.54, 1.807) is 0 Å². The van der Waals surface area contributed by atoms with Crippen LogP contribution in [0.25, 0.3) is 0 Å². The fraction of sp³-hybridized carbons (Fsp3) is 0.700. The van der Waals surface area contributed by atoms with Gasteiger partial charge in [0.2, 0.25) is 0 Å². The Balaban J connectivity index is 0.000000424. The van der Waals surface area contributed by atoms with E-state index in [9.17, 15) is 0 Å². The molecule has 2 atom stereocenters. The normalized spacial score (nSPS) is 29.9. The van der Waals surface area contributed by atoms with Crippen molar-refractivity contribution in [3.8, 4) is 0 Å². The van der Waals surface area contributed by atoms with Gasteiger partial charge in [-0.05, 0) is 18.9 Å². The van der Waals surface area contributed by atoms with Crippen LogP contribution in [0.4, 0.5) is 0 Å². The van der Waals surface area contributed by atoms with Gasteiger partial charge in [-0.2, -0.15) is 9.59 Å². The zero-order valence-corrected chi connectivity index (χ0v) is 8.37. The summed E-state index contributed by atoms with van der Waals surface area (Å²) in [7, 11) is 0. The maximum Gasteiger partial charge on any atom is 0.373 e. The van der Waals surface area contributed by atoms with Gasteiger partial charge in [0.1, 0.15) is 6.10 Å². The fourth-order valence-corrected chi connectivity index (χ4v) is 1.46. The molecule has 13 heavy (non-hydrogen) atoms. The molecule has 3 heteroatoms. The van der Waals surface area contributed by atoms with Gasteiger partial charge >= 0.3 is 6.15 Å². The summed E-state index contributed by atoms with van der Waals surface area (Å²) in [6.45, 7) is 6.64. The monoisotopic (exact) mass is 184 g/mol. The van der Waals surface area contributed by atoms with Crippen LogP contribution in [-0.2, 0) is 14.3 Å². The van der Waals surface area contributed by atoms with Crippen molar-refractivity contribution in [2.24, 2.45) is 5.41 Å². The lowest BCUT2D eigenvalue weighted by Gasteiger charge is -2.26. The van der Waals surface area contributed by atoms with Gasteiger partial charge in [-0.15, -0.1) is 0 Å². The molecular formula is C10H16O3. The molecule has 0 aromatic rings. The predicted molar refractivity (Wildman–Crippen MR) is 47.7 cm³/mol. The third-order valence-corrected chi connectivity index (χ3v) is 2.56. The molecule has 0 aliphatic carbocycles. The minimum absolute atomic E-state index is 0.250. The average Bonchev–Trinajstić information content (AvgIpc) is 2.49. The number of rotatable bonds is 2. The molecule has 0 amide bonds. The first-order valence-corrected chi connectivity index (χ1v) is 4.47. The molecule has 1 aliphatic heterocycles. The summed E-state index contributed by atoms with van der Waals surface area (Å²) in [4.78, 5) is 16.2. The summed E-state index contributed by atoms with van der Waals surface area (Å²) >= 11 is 0. The summed E-state index contributed by atoms with van der Waals surface area (Å²) in [5.74, 6) is 0. The summed E-state index contributed by atoms with van der Waals surface area (Å²) < 4.78 is 5.43. The number of hydrogen-bond donors (Lipinski definition) is 0. The van der Waals surface area contributed by atoms with Crippen LogP contribution < -0.4 is 0 Å². The van der Waals surface area contributed by atoms with Gasteiger partial charge in [0.15, 0.2) is 0 Å². The number of hydrogen-bond acceptors (Lipinski definition) is 3. The molecule has 0 fully saturated rings. The van der Waals surface area contributed by atoms with Crippen molar-refractivity contribution < 1.29 is 14.3 Å². The topological polar surface area (TPSA) is 43.4 Å². The maximum atomic E-state index is 8.12. The van der Waals surface area contributed by atoms with Crippen molar-refractivity contribution in [2.45, 2.75) is 39.7 Å². The zero-order chi connectivity index (χ0) is 10.3. The fourth-order valence-electron chi connectivity index (χ4n) is 1.46. The first-order valence-electron chi connectivity index (χ1n) is 4.47. The second-order valence-corrected chi connectivity index (χ2v) is 3.28. The van der Waals surface area contributed by atoms with Gasteiger partial charge in [0.25, 0.3) is 0 Å². The highest BCUT2D eigenvalue weighted by Crippen LogP contribution is 2.36. The van der Waals surface area contributed by atoms with Crippen molar-refractivity contribution in [1.29, 1.82) is 0 Å². The van der Waals surface area contributed by atoms with Crippen molar-refractivity contribution in [3.05, 3.63) is 12.3 Å². The van der Waals surface area contributed by atoms with E-state index in [0.29, 0.717) is 11.5 Å². The predicted octanol–water partition coefficient (Wildman–Crippen LogP) is 2.14. The van der Waals surface area contributed by atoms with Crippen molar-refractivity contribution in [1.82, 2.24) is 0 Å². The highest BCUT2D eigenvalue weighted by molar-refractivity contribution is 5.20.